The Morgan fingerprint density at radius 2 is 2.29 bits per heavy atom. The molecule has 0 unspecified atom stereocenters. The zero-order chi connectivity index (χ0) is 15.2. The van der Waals surface area contributed by atoms with Gasteiger partial charge in [-0.25, -0.2) is 9.78 Å². The summed E-state index contributed by atoms with van der Waals surface area (Å²) in [5.74, 6) is -0.0645. The van der Waals surface area contributed by atoms with Gasteiger partial charge >= 0.3 is 5.97 Å². The van der Waals surface area contributed by atoms with Gasteiger partial charge in [0.05, 0.1) is 6.61 Å². The number of amides is 1. The van der Waals surface area contributed by atoms with Crippen molar-refractivity contribution in [2.45, 2.75) is 13.3 Å². The molecule has 2 aromatic heterocycles. The van der Waals surface area contributed by atoms with Crippen molar-refractivity contribution in [1.29, 1.82) is 0 Å². The van der Waals surface area contributed by atoms with Crippen molar-refractivity contribution in [1.82, 2.24) is 25.1 Å². The van der Waals surface area contributed by atoms with E-state index >= 15 is 0 Å². The molecular weight excluding hydrogens is 294 g/mol. The van der Waals surface area contributed by atoms with E-state index in [-0.39, 0.29) is 23.2 Å². The van der Waals surface area contributed by atoms with Crippen molar-refractivity contribution < 1.29 is 14.3 Å². The zero-order valence-corrected chi connectivity index (χ0v) is 12.5. The Kier molecular flexibility index (Phi) is 4.99. The molecule has 0 fully saturated rings. The topological polar surface area (TPSA) is 99.0 Å². The average Bonchev–Trinajstić information content (AvgIpc) is 3.09. The van der Waals surface area contributed by atoms with Crippen LogP contribution in [-0.2, 0) is 18.2 Å². The van der Waals surface area contributed by atoms with Crippen molar-refractivity contribution in [2.75, 3.05) is 13.2 Å². The number of hydrogen-bond donors (Lipinski definition) is 1. The molecule has 0 aliphatic carbocycles. The summed E-state index contributed by atoms with van der Waals surface area (Å²) < 4.78 is 6.61. The third kappa shape index (κ3) is 3.85. The van der Waals surface area contributed by atoms with Gasteiger partial charge in [-0.05, 0) is 6.92 Å². The van der Waals surface area contributed by atoms with Crippen molar-refractivity contribution in [3.05, 3.63) is 28.2 Å². The molecule has 1 amide bonds. The molecule has 0 atom stereocenters. The Hall–Kier alpha value is -2.29. The fourth-order valence-electron chi connectivity index (χ4n) is 1.58. The number of hydrogen-bond acceptors (Lipinski definition) is 7. The van der Waals surface area contributed by atoms with E-state index < -0.39 is 5.97 Å². The Morgan fingerprint density at radius 3 is 2.95 bits per heavy atom. The third-order valence-corrected chi connectivity index (χ3v) is 3.45. The number of esters is 1. The second-order valence-corrected chi connectivity index (χ2v) is 4.98. The first kappa shape index (κ1) is 15.1. The van der Waals surface area contributed by atoms with Gasteiger partial charge in [-0.2, -0.15) is 0 Å². The van der Waals surface area contributed by atoms with Crippen LogP contribution in [0.4, 0.5) is 0 Å². The van der Waals surface area contributed by atoms with Crippen molar-refractivity contribution in [3.63, 3.8) is 0 Å². The Balaban J connectivity index is 1.86. The minimum absolute atomic E-state index is 0.176. The quantitative estimate of drug-likeness (QED) is 0.776. The molecular formula is C12H15N5O3S. The van der Waals surface area contributed by atoms with Gasteiger partial charge in [-0.3, -0.25) is 4.79 Å². The number of nitrogens with one attached hydrogen (secondary N) is 1. The molecule has 2 rings (SSSR count). The smallest absolute Gasteiger partial charge is 0.367 e. The third-order valence-electron chi connectivity index (χ3n) is 2.63. The molecule has 0 aliphatic heterocycles. The van der Waals surface area contributed by atoms with Gasteiger partial charge in [0.15, 0.2) is 0 Å². The van der Waals surface area contributed by atoms with Crippen LogP contribution in [0.25, 0.3) is 0 Å². The second kappa shape index (κ2) is 6.93. The lowest BCUT2D eigenvalue weighted by Gasteiger charge is -2.02. The maximum atomic E-state index is 11.9. The number of aryl methyl sites for hydroxylation is 1. The second-order valence-electron chi connectivity index (χ2n) is 4.12. The predicted octanol–water partition coefficient (Wildman–Crippen LogP) is 0.421. The molecule has 0 spiro atoms. The molecule has 8 nitrogen and oxygen atoms in total. The summed E-state index contributed by atoms with van der Waals surface area (Å²) >= 11 is 1.09. The van der Waals surface area contributed by atoms with Crippen LogP contribution in [0, 0.1) is 0 Å². The van der Waals surface area contributed by atoms with Crippen LogP contribution < -0.4 is 5.32 Å². The van der Waals surface area contributed by atoms with E-state index in [1.807, 2.05) is 7.05 Å². The molecule has 0 aromatic carbocycles. The highest BCUT2D eigenvalue weighted by molar-refractivity contribution is 7.11. The van der Waals surface area contributed by atoms with Crippen LogP contribution in [0.1, 0.15) is 33.0 Å². The molecule has 9 heteroatoms. The summed E-state index contributed by atoms with van der Waals surface area (Å²) in [4.78, 5) is 27.3. The lowest BCUT2D eigenvalue weighted by molar-refractivity contribution is 0.0526. The van der Waals surface area contributed by atoms with Crippen LogP contribution in [0.15, 0.2) is 11.7 Å². The molecule has 2 heterocycles. The number of nitrogens with zero attached hydrogens (tertiary/aromatic N) is 4. The molecule has 0 radical (unpaired) electrons. The molecule has 0 aliphatic rings. The van der Waals surface area contributed by atoms with Crippen LogP contribution in [-0.4, -0.2) is 44.8 Å². The largest absolute Gasteiger partial charge is 0.461 e. The van der Waals surface area contributed by atoms with E-state index in [1.54, 1.807) is 17.8 Å². The fourth-order valence-corrected chi connectivity index (χ4v) is 2.27. The first-order valence-corrected chi connectivity index (χ1v) is 7.23. The van der Waals surface area contributed by atoms with Crippen LogP contribution in [0.2, 0.25) is 0 Å². The maximum absolute atomic E-state index is 11.9. The van der Waals surface area contributed by atoms with Gasteiger partial charge < -0.3 is 14.6 Å². The van der Waals surface area contributed by atoms with Gasteiger partial charge in [-0.1, -0.05) is 0 Å². The van der Waals surface area contributed by atoms with Crippen LogP contribution in [0.5, 0.6) is 0 Å². The van der Waals surface area contributed by atoms with Crippen molar-refractivity contribution in [2.24, 2.45) is 7.05 Å². The summed E-state index contributed by atoms with van der Waals surface area (Å²) in [5, 5.41) is 12.1. The first-order chi connectivity index (χ1) is 10.1. The number of ether oxygens (including phenoxy) is 1. The molecule has 0 saturated heterocycles. The van der Waals surface area contributed by atoms with E-state index in [0.717, 1.165) is 17.2 Å². The zero-order valence-electron chi connectivity index (χ0n) is 11.7. The average molecular weight is 309 g/mol. The minimum Gasteiger partial charge on any atom is -0.461 e. The lowest BCUT2D eigenvalue weighted by atomic mass is 10.3. The van der Waals surface area contributed by atoms with E-state index in [1.165, 1.54) is 5.38 Å². The molecule has 21 heavy (non-hydrogen) atoms. The summed E-state index contributed by atoms with van der Waals surface area (Å²) in [6, 6.07) is 0. The molecule has 1 N–H and O–H groups in total. The number of carbonyl (C=O) groups excluding carboxylic acids is 2. The summed E-state index contributed by atoms with van der Waals surface area (Å²) in [5.41, 5.74) is 0.209. The molecule has 2 aromatic rings. The van der Waals surface area contributed by atoms with E-state index in [0.29, 0.717) is 13.0 Å². The highest BCUT2D eigenvalue weighted by Gasteiger charge is 2.16. The summed E-state index contributed by atoms with van der Waals surface area (Å²) in [7, 11) is 1.84. The Bertz CT molecular complexity index is 636. The van der Waals surface area contributed by atoms with Gasteiger partial charge in [0.1, 0.15) is 17.8 Å². The number of thiazole rings is 1. The monoisotopic (exact) mass is 309 g/mol. The summed E-state index contributed by atoms with van der Waals surface area (Å²) in [6.45, 7) is 2.40. The van der Waals surface area contributed by atoms with E-state index in [9.17, 15) is 9.59 Å². The molecule has 0 saturated carbocycles. The van der Waals surface area contributed by atoms with Gasteiger partial charge in [0.25, 0.3) is 5.91 Å². The Labute approximate surface area is 125 Å². The normalized spacial score (nSPS) is 10.4. The number of aromatic nitrogens is 4. The van der Waals surface area contributed by atoms with Crippen molar-refractivity contribution in [3.8, 4) is 0 Å². The van der Waals surface area contributed by atoms with E-state index in [2.05, 4.69) is 20.5 Å². The van der Waals surface area contributed by atoms with Crippen molar-refractivity contribution >= 4 is 23.2 Å². The predicted molar refractivity (Wildman–Crippen MR) is 75.1 cm³/mol. The Morgan fingerprint density at radius 1 is 1.48 bits per heavy atom. The van der Waals surface area contributed by atoms with E-state index in [4.69, 9.17) is 4.74 Å². The summed E-state index contributed by atoms with van der Waals surface area (Å²) in [6.07, 6.45) is 2.17. The van der Waals surface area contributed by atoms with Gasteiger partial charge in [0, 0.05) is 25.4 Å². The highest BCUT2D eigenvalue weighted by Crippen LogP contribution is 2.11. The number of rotatable bonds is 6. The number of carbonyl (C=O) groups is 2. The maximum Gasteiger partial charge on any atom is 0.367 e. The van der Waals surface area contributed by atoms with Gasteiger partial charge in [0.2, 0.25) is 5.01 Å². The van der Waals surface area contributed by atoms with Crippen LogP contribution in [0.3, 0.4) is 0 Å². The lowest BCUT2D eigenvalue weighted by Crippen LogP contribution is -2.26. The SMILES string of the molecule is CCOC(=O)c1nc(C(=O)NCCc2nncn2C)cs1. The highest BCUT2D eigenvalue weighted by atomic mass is 32.1. The van der Waals surface area contributed by atoms with Gasteiger partial charge in [-0.15, -0.1) is 21.5 Å². The van der Waals surface area contributed by atoms with Crippen LogP contribution >= 0.6 is 11.3 Å². The standard InChI is InChI=1S/C12H15N5O3S/c1-3-20-12(19)11-15-8(6-21-11)10(18)13-5-4-9-16-14-7-17(9)2/h6-7H,3-5H2,1-2H3,(H,13,18). The molecule has 0 bridgehead atoms. The fraction of sp³-hybridized carbons (Fsp3) is 0.417. The first-order valence-electron chi connectivity index (χ1n) is 6.35. The minimum atomic E-state index is -0.513. The molecule has 112 valence electrons.